The zero-order valence-corrected chi connectivity index (χ0v) is 14.8. The van der Waals surface area contributed by atoms with E-state index in [4.69, 9.17) is 11.6 Å². The molecule has 7 heteroatoms. The van der Waals surface area contributed by atoms with Crippen LogP contribution in [0.1, 0.15) is 13.8 Å². The summed E-state index contributed by atoms with van der Waals surface area (Å²) < 4.78 is 27.4. The Kier molecular flexibility index (Phi) is 5.64. The summed E-state index contributed by atoms with van der Waals surface area (Å²) in [5.74, 6) is -0.313. The lowest BCUT2D eigenvalue weighted by molar-refractivity contribution is -0.111. The lowest BCUT2D eigenvalue weighted by Crippen LogP contribution is -2.14. The maximum atomic E-state index is 12.4. The van der Waals surface area contributed by atoms with Crippen LogP contribution in [-0.4, -0.2) is 14.3 Å². The zero-order valence-electron chi connectivity index (χ0n) is 13.2. The van der Waals surface area contributed by atoms with Crippen LogP contribution < -0.4 is 10.0 Å². The molecule has 2 aromatic carbocycles. The number of carbonyl (C=O) groups is 1. The summed E-state index contributed by atoms with van der Waals surface area (Å²) in [7, 11) is -3.79. The van der Waals surface area contributed by atoms with Gasteiger partial charge in [-0.2, -0.15) is 0 Å². The molecule has 0 radical (unpaired) electrons. The van der Waals surface area contributed by atoms with E-state index < -0.39 is 10.0 Å². The third-order valence-electron chi connectivity index (χ3n) is 2.91. The fraction of sp³-hybridized carbons (Fsp3) is 0.118. The molecule has 0 spiro atoms. The van der Waals surface area contributed by atoms with E-state index in [-0.39, 0.29) is 10.8 Å². The van der Waals surface area contributed by atoms with Crippen LogP contribution in [0.5, 0.6) is 0 Å². The maximum Gasteiger partial charge on any atom is 0.261 e. The van der Waals surface area contributed by atoms with E-state index in [9.17, 15) is 13.2 Å². The number of hydrogen-bond donors (Lipinski definition) is 2. The van der Waals surface area contributed by atoms with E-state index in [0.29, 0.717) is 16.4 Å². The molecule has 1 amide bonds. The van der Waals surface area contributed by atoms with Crippen molar-refractivity contribution in [2.24, 2.45) is 0 Å². The molecule has 0 saturated heterocycles. The quantitative estimate of drug-likeness (QED) is 0.786. The van der Waals surface area contributed by atoms with Crippen molar-refractivity contribution >= 4 is 38.9 Å². The predicted molar refractivity (Wildman–Crippen MR) is 96.8 cm³/mol. The van der Waals surface area contributed by atoms with E-state index >= 15 is 0 Å². The Morgan fingerprint density at radius 3 is 2.38 bits per heavy atom. The third kappa shape index (κ3) is 5.11. The van der Waals surface area contributed by atoms with E-state index in [1.54, 1.807) is 44.2 Å². The number of anilines is 2. The van der Waals surface area contributed by atoms with Crippen LogP contribution in [0.4, 0.5) is 11.4 Å². The minimum absolute atomic E-state index is 0.0393. The Hall–Kier alpha value is -2.31. The second kappa shape index (κ2) is 7.51. The summed E-state index contributed by atoms with van der Waals surface area (Å²) in [6, 6.07) is 12.4. The molecule has 0 aliphatic carbocycles. The normalized spacial score (nSPS) is 10.8. The number of halogens is 1. The molecule has 0 heterocycles. The summed E-state index contributed by atoms with van der Waals surface area (Å²) in [4.78, 5) is 11.8. The first kappa shape index (κ1) is 18.0. The van der Waals surface area contributed by atoms with Crippen LogP contribution in [0.2, 0.25) is 5.02 Å². The highest BCUT2D eigenvalue weighted by Gasteiger charge is 2.15. The number of rotatable bonds is 5. The molecular weight excluding hydrogens is 348 g/mol. The van der Waals surface area contributed by atoms with Crippen LogP contribution in [-0.2, 0) is 14.8 Å². The molecule has 0 fully saturated rings. The molecule has 0 aliphatic heterocycles. The van der Waals surface area contributed by atoms with Gasteiger partial charge in [0.15, 0.2) is 0 Å². The molecule has 0 aromatic heterocycles. The number of nitrogens with one attached hydrogen (secondary N) is 2. The van der Waals surface area contributed by atoms with Gasteiger partial charge in [0.25, 0.3) is 10.0 Å². The molecule has 2 rings (SSSR count). The number of allylic oxidation sites excluding steroid dienone is 1. The van der Waals surface area contributed by atoms with Crippen molar-refractivity contribution in [3.05, 3.63) is 65.2 Å². The molecule has 0 aliphatic rings. The minimum atomic E-state index is -3.79. The molecule has 126 valence electrons. The summed E-state index contributed by atoms with van der Waals surface area (Å²) in [6.07, 6.45) is 1.44. The number of sulfonamides is 1. The van der Waals surface area contributed by atoms with Crippen molar-refractivity contribution < 1.29 is 13.2 Å². The Morgan fingerprint density at radius 2 is 1.71 bits per heavy atom. The first-order valence-corrected chi connectivity index (χ1v) is 8.97. The summed E-state index contributed by atoms with van der Waals surface area (Å²) in [5, 5.41) is 3.06. The summed E-state index contributed by atoms with van der Waals surface area (Å²) in [6.45, 7) is 3.60. The molecule has 0 saturated carbocycles. The lowest BCUT2D eigenvalue weighted by Gasteiger charge is -2.10. The van der Waals surface area contributed by atoms with E-state index in [2.05, 4.69) is 10.0 Å². The maximum absolute atomic E-state index is 12.4. The number of benzene rings is 2. The van der Waals surface area contributed by atoms with Crippen LogP contribution >= 0.6 is 11.6 Å². The van der Waals surface area contributed by atoms with Gasteiger partial charge in [-0.15, -0.1) is 0 Å². The molecule has 2 aromatic rings. The summed E-state index contributed by atoms with van der Waals surface area (Å²) in [5.41, 5.74) is 1.60. The molecule has 2 N–H and O–H groups in total. The van der Waals surface area contributed by atoms with Gasteiger partial charge in [-0.3, -0.25) is 9.52 Å². The van der Waals surface area contributed by atoms with Gasteiger partial charge < -0.3 is 5.32 Å². The standard InChI is InChI=1S/C17H17ClN2O3S/c1-12(2)9-17(21)19-14-6-4-8-16(11-14)24(22,23)20-15-7-3-5-13(18)10-15/h3-11,20H,1-2H3,(H,19,21). The SMILES string of the molecule is CC(C)=CC(=O)Nc1cccc(S(=O)(=O)Nc2cccc(Cl)c2)c1. The van der Waals surface area contributed by atoms with E-state index in [1.807, 2.05) is 0 Å². The summed E-state index contributed by atoms with van der Waals surface area (Å²) >= 11 is 5.86. The van der Waals surface area contributed by atoms with Gasteiger partial charge in [-0.1, -0.05) is 29.3 Å². The molecule has 0 bridgehead atoms. The minimum Gasteiger partial charge on any atom is -0.322 e. The Labute approximate surface area is 146 Å². The Balaban J connectivity index is 2.23. The van der Waals surface area contributed by atoms with Crippen molar-refractivity contribution in [3.8, 4) is 0 Å². The number of hydrogen-bond acceptors (Lipinski definition) is 3. The van der Waals surface area contributed by atoms with Crippen molar-refractivity contribution in [1.82, 2.24) is 0 Å². The highest BCUT2D eigenvalue weighted by molar-refractivity contribution is 7.92. The Morgan fingerprint density at radius 1 is 1.04 bits per heavy atom. The second-order valence-corrected chi connectivity index (χ2v) is 7.47. The first-order valence-electron chi connectivity index (χ1n) is 7.10. The lowest BCUT2D eigenvalue weighted by atomic mass is 10.3. The fourth-order valence-electron chi connectivity index (χ4n) is 1.95. The smallest absolute Gasteiger partial charge is 0.261 e. The second-order valence-electron chi connectivity index (χ2n) is 5.35. The Bertz CT molecular complexity index is 888. The van der Waals surface area contributed by atoms with E-state index in [0.717, 1.165) is 5.57 Å². The topological polar surface area (TPSA) is 75.3 Å². The van der Waals surface area contributed by atoms with Crippen LogP contribution in [0, 0.1) is 0 Å². The predicted octanol–water partition coefficient (Wildman–Crippen LogP) is 4.05. The fourth-order valence-corrected chi connectivity index (χ4v) is 3.23. The van der Waals surface area contributed by atoms with Crippen LogP contribution in [0.25, 0.3) is 0 Å². The van der Waals surface area contributed by atoms with Gasteiger partial charge in [0.2, 0.25) is 5.91 Å². The number of carbonyl (C=O) groups excluding carboxylic acids is 1. The molecule has 5 nitrogen and oxygen atoms in total. The van der Waals surface area contributed by atoms with Gasteiger partial charge in [0, 0.05) is 16.8 Å². The van der Waals surface area contributed by atoms with Crippen molar-refractivity contribution in [1.29, 1.82) is 0 Å². The third-order valence-corrected chi connectivity index (χ3v) is 4.52. The van der Waals surface area contributed by atoms with Crippen LogP contribution in [0.3, 0.4) is 0 Å². The molecule has 24 heavy (non-hydrogen) atoms. The van der Waals surface area contributed by atoms with Crippen molar-refractivity contribution in [2.75, 3.05) is 10.0 Å². The molecule has 0 atom stereocenters. The average Bonchev–Trinajstić information content (AvgIpc) is 2.46. The van der Waals surface area contributed by atoms with Crippen molar-refractivity contribution in [2.45, 2.75) is 18.7 Å². The van der Waals surface area contributed by atoms with Gasteiger partial charge >= 0.3 is 0 Å². The van der Waals surface area contributed by atoms with Crippen molar-refractivity contribution in [3.63, 3.8) is 0 Å². The van der Waals surface area contributed by atoms with E-state index in [1.165, 1.54) is 24.3 Å². The number of amides is 1. The monoisotopic (exact) mass is 364 g/mol. The van der Waals surface area contributed by atoms with Gasteiger partial charge in [0.1, 0.15) is 0 Å². The zero-order chi connectivity index (χ0) is 17.7. The van der Waals surface area contributed by atoms with Gasteiger partial charge in [-0.25, -0.2) is 8.42 Å². The van der Waals surface area contributed by atoms with Crippen LogP contribution in [0.15, 0.2) is 65.1 Å². The largest absolute Gasteiger partial charge is 0.322 e. The molecular formula is C17H17ClN2O3S. The highest BCUT2D eigenvalue weighted by Crippen LogP contribution is 2.21. The van der Waals surface area contributed by atoms with Gasteiger partial charge in [0.05, 0.1) is 10.6 Å². The first-order chi connectivity index (χ1) is 11.3. The average molecular weight is 365 g/mol. The highest BCUT2D eigenvalue weighted by atomic mass is 35.5. The molecule has 0 unspecified atom stereocenters. The van der Waals surface area contributed by atoms with Gasteiger partial charge in [-0.05, 0) is 50.2 Å².